The zero-order valence-corrected chi connectivity index (χ0v) is 15.8. The van der Waals surface area contributed by atoms with E-state index in [1.165, 1.54) is 0 Å². The van der Waals surface area contributed by atoms with Gasteiger partial charge in [0.05, 0.1) is 11.2 Å². The molecule has 0 radical (unpaired) electrons. The number of hydrogen-bond donors (Lipinski definition) is 0. The maximum atomic E-state index is 12.7. The number of amides is 1. The van der Waals surface area contributed by atoms with Gasteiger partial charge in [0.2, 0.25) is 0 Å². The zero-order chi connectivity index (χ0) is 18.5. The van der Waals surface area contributed by atoms with Crippen molar-refractivity contribution in [2.24, 2.45) is 0 Å². The van der Waals surface area contributed by atoms with Crippen LogP contribution in [-0.2, 0) is 22.4 Å². The Labute approximate surface area is 155 Å². The molecule has 0 atom stereocenters. The molecule has 1 saturated heterocycles. The van der Waals surface area contributed by atoms with E-state index in [0.717, 1.165) is 22.2 Å². The van der Waals surface area contributed by atoms with Crippen molar-refractivity contribution in [1.82, 2.24) is 4.90 Å². The summed E-state index contributed by atoms with van der Waals surface area (Å²) in [5.74, 6) is 0.0873. The van der Waals surface area contributed by atoms with Crippen molar-refractivity contribution in [3.8, 4) is 0 Å². The topological polar surface area (TPSA) is 38.8 Å². The van der Waals surface area contributed by atoms with Crippen molar-refractivity contribution in [1.29, 1.82) is 0 Å². The monoisotopic (exact) mass is 349 g/mol. The fraction of sp³-hybridized carbons (Fsp3) is 0.381. The van der Waals surface area contributed by atoms with Gasteiger partial charge in [0.15, 0.2) is 0 Å². The molecule has 2 heterocycles. The third-order valence-electron chi connectivity index (χ3n) is 5.75. The van der Waals surface area contributed by atoms with E-state index >= 15 is 0 Å². The molecule has 0 saturated carbocycles. The Bertz CT molecular complexity index is 832. The Balaban J connectivity index is 1.55. The van der Waals surface area contributed by atoms with Crippen LogP contribution in [0.1, 0.15) is 49.2 Å². The van der Waals surface area contributed by atoms with Crippen molar-refractivity contribution < 1.29 is 14.1 Å². The molecule has 2 aliphatic heterocycles. The fourth-order valence-electron chi connectivity index (χ4n) is 3.46. The number of benzene rings is 2. The number of fused-ring (bicyclic) bond motifs is 1. The molecule has 134 valence electrons. The lowest BCUT2D eigenvalue weighted by molar-refractivity contribution is 0.00578. The molecular formula is C21H24BNO3. The smallest absolute Gasteiger partial charge is 0.399 e. The van der Waals surface area contributed by atoms with Crippen LogP contribution in [0.15, 0.2) is 48.5 Å². The largest absolute Gasteiger partial charge is 0.494 e. The minimum Gasteiger partial charge on any atom is -0.399 e. The van der Waals surface area contributed by atoms with Gasteiger partial charge in [-0.15, -0.1) is 0 Å². The van der Waals surface area contributed by atoms with E-state index in [9.17, 15) is 4.79 Å². The van der Waals surface area contributed by atoms with E-state index in [-0.39, 0.29) is 17.1 Å². The standard InChI is InChI=1S/C21H24BNO3/c1-20(2)21(3,4)26-22(25-20)17-10-11-18-16(12-17)14-23(19(18)24)13-15-8-6-5-7-9-15/h5-12H,13-14H2,1-4H3. The van der Waals surface area contributed by atoms with Gasteiger partial charge in [-0.2, -0.15) is 0 Å². The van der Waals surface area contributed by atoms with E-state index in [1.54, 1.807) is 0 Å². The Hall–Kier alpha value is -2.11. The van der Waals surface area contributed by atoms with Gasteiger partial charge in [-0.25, -0.2) is 0 Å². The van der Waals surface area contributed by atoms with Crippen LogP contribution >= 0.6 is 0 Å². The van der Waals surface area contributed by atoms with Crippen molar-refractivity contribution in [2.45, 2.75) is 52.0 Å². The first-order valence-corrected chi connectivity index (χ1v) is 9.08. The lowest BCUT2D eigenvalue weighted by Gasteiger charge is -2.32. The number of rotatable bonds is 3. The molecule has 2 aromatic carbocycles. The summed E-state index contributed by atoms with van der Waals surface area (Å²) in [6, 6.07) is 16.0. The number of carbonyl (C=O) groups excluding carboxylic acids is 1. The second kappa shape index (κ2) is 5.97. The van der Waals surface area contributed by atoms with E-state index in [0.29, 0.717) is 13.1 Å². The van der Waals surface area contributed by atoms with Gasteiger partial charge in [0.1, 0.15) is 0 Å². The number of carbonyl (C=O) groups is 1. The van der Waals surface area contributed by atoms with Crippen LogP contribution in [-0.4, -0.2) is 29.1 Å². The molecule has 4 nitrogen and oxygen atoms in total. The summed E-state index contributed by atoms with van der Waals surface area (Å²) in [6.07, 6.45) is 0. The third kappa shape index (κ3) is 2.85. The first-order valence-electron chi connectivity index (χ1n) is 9.08. The maximum Gasteiger partial charge on any atom is 0.494 e. The quantitative estimate of drug-likeness (QED) is 0.799. The van der Waals surface area contributed by atoms with Crippen LogP contribution in [0.3, 0.4) is 0 Å². The Morgan fingerprint density at radius 3 is 2.31 bits per heavy atom. The van der Waals surface area contributed by atoms with Crippen molar-refractivity contribution >= 4 is 18.5 Å². The molecule has 1 fully saturated rings. The Morgan fingerprint density at radius 1 is 1.00 bits per heavy atom. The lowest BCUT2D eigenvalue weighted by atomic mass is 9.78. The van der Waals surface area contributed by atoms with Crippen LogP contribution in [0.25, 0.3) is 0 Å². The van der Waals surface area contributed by atoms with Gasteiger partial charge in [0, 0.05) is 18.7 Å². The summed E-state index contributed by atoms with van der Waals surface area (Å²) < 4.78 is 12.3. The summed E-state index contributed by atoms with van der Waals surface area (Å²) in [5, 5.41) is 0. The molecule has 2 aliphatic rings. The normalized spacial score (nSPS) is 20.5. The fourth-order valence-corrected chi connectivity index (χ4v) is 3.46. The molecule has 4 rings (SSSR count). The zero-order valence-electron chi connectivity index (χ0n) is 15.8. The van der Waals surface area contributed by atoms with Crippen LogP contribution in [0.5, 0.6) is 0 Å². The molecular weight excluding hydrogens is 325 g/mol. The summed E-state index contributed by atoms with van der Waals surface area (Å²) in [6.45, 7) is 9.44. The van der Waals surface area contributed by atoms with E-state index < -0.39 is 7.12 Å². The molecule has 0 aromatic heterocycles. The SMILES string of the molecule is CC1(C)OB(c2ccc3c(c2)CN(Cc2ccccc2)C3=O)OC1(C)C. The average molecular weight is 349 g/mol. The molecule has 0 spiro atoms. The first kappa shape index (κ1) is 17.3. The summed E-state index contributed by atoms with van der Waals surface area (Å²) in [5.41, 5.74) is 3.19. The average Bonchev–Trinajstić information content (AvgIpc) is 3.01. The van der Waals surface area contributed by atoms with E-state index in [2.05, 4.69) is 6.07 Å². The van der Waals surface area contributed by atoms with Crippen LogP contribution in [0, 0.1) is 0 Å². The Kier molecular flexibility index (Phi) is 3.97. The third-order valence-corrected chi connectivity index (χ3v) is 5.75. The van der Waals surface area contributed by atoms with Gasteiger partial charge in [-0.3, -0.25) is 4.79 Å². The van der Waals surface area contributed by atoms with E-state index in [4.69, 9.17) is 9.31 Å². The van der Waals surface area contributed by atoms with Gasteiger partial charge in [-0.1, -0.05) is 42.5 Å². The van der Waals surface area contributed by atoms with Gasteiger partial charge in [0.25, 0.3) is 5.91 Å². The van der Waals surface area contributed by atoms with E-state index in [1.807, 2.05) is 75.1 Å². The van der Waals surface area contributed by atoms with Crippen LogP contribution in [0.4, 0.5) is 0 Å². The van der Waals surface area contributed by atoms with Crippen LogP contribution in [0.2, 0.25) is 0 Å². The van der Waals surface area contributed by atoms with Crippen LogP contribution < -0.4 is 5.46 Å². The first-order chi connectivity index (χ1) is 12.3. The molecule has 2 aromatic rings. The number of nitrogens with zero attached hydrogens (tertiary/aromatic N) is 1. The van der Waals surface area contributed by atoms with Crippen molar-refractivity contribution in [2.75, 3.05) is 0 Å². The molecule has 0 aliphatic carbocycles. The highest BCUT2D eigenvalue weighted by Gasteiger charge is 2.51. The number of hydrogen-bond acceptors (Lipinski definition) is 3. The molecule has 1 amide bonds. The van der Waals surface area contributed by atoms with Gasteiger partial charge in [-0.05, 0) is 50.4 Å². The maximum absolute atomic E-state index is 12.7. The molecule has 5 heteroatoms. The molecule has 26 heavy (non-hydrogen) atoms. The van der Waals surface area contributed by atoms with Crippen molar-refractivity contribution in [3.63, 3.8) is 0 Å². The molecule has 0 unspecified atom stereocenters. The summed E-state index contributed by atoms with van der Waals surface area (Å²) in [4.78, 5) is 14.6. The lowest BCUT2D eigenvalue weighted by Crippen LogP contribution is -2.41. The molecule has 0 N–H and O–H groups in total. The second-order valence-electron chi connectivity index (χ2n) is 8.15. The second-order valence-corrected chi connectivity index (χ2v) is 8.15. The predicted octanol–water partition coefficient (Wildman–Crippen LogP) is 3.14. The van der Waals surface area contributed by atoms with Gasteiger partial charge >= 0.3 is 7.12 Å². The van der Waals surface area contributed by atoms with Crippen molar-refractivity contribution in [3.05, 3.63) is 65.2 Å². The highest BCUT2D eigenvalue weighted by molar-refractivity contribution is 6.62. The summed E-state index contributed by atoms with van der Waals surface area (Å²) in [7, 11) is -0.399. The minimum absolute atomic E-state index is 0.0873. The predicted molar refractivity (Wildman–Crippen MR) is 102 cm³/mol. The highest BCUT2D eigenvalue weighted by Crippen LogP contribution is 2.36. The summed E-state index contributed by atoms with van der Waals surface area (Å²) >= 11 is 0. The molecule has 0 bridgehead atoms. The Morgan fingerprint density at radius 2 is 1.65 bits per heavy atom. The highest BCUT2D eigenvalue weighted by atomic mass is 16.7. The minimum atomic E-state index is -0.399. The van der Waals surface area contributed by atoms with Gasteiger partial charge < -0.3 is 14.2 Å².